The molecule has 2 aromatic heterocycles. The lowest BCUT2D eigenvalue weighted by Gasteiger charge is -2.19. The highest BCUT2D eigenvalue weighted by molar-refractivity contribution is 6.13. The Bertz CT molecular complexity index is 2450. The van der Waals surface area contributed by atoms with Gasteiger partial charge in [0.1, 0.15) is 11.2 Å². The Labute approximate surface area is 273 Å². The van der Waals surface area contributed by atoms with Gasteiger partial charge in [0, 0.05) is 33.4 Å². The topological polar surface area (TPSA) is 51.8 Å². The monoisotopic (exact) mass is 605 g/mol. The largest absolute Gasteiger partial charge is 0.456 e. The quantitative estimate of drug-likeness (QED) is 0.196. The molecule has 0 bridgehead atoms. The summed E-state index contributed by atoms with van der Waals surface area (Å²) in [5.74, 6) is 2.33. The van der Waals surface area contributed by atoms with Crippen molar-refractivity contribution >= 4 is 38.3 Å². The summed E-state index contributed by atoms with van der Waals surface area (Å²) in [5.41, 5.74) is 8.09. The summed E-state index contributed by atoms with van der Waals surface area (Å²) in [6.07, 6.45) is 16.8. The van der Waals surface area contributed by atoms with E-state index in [1.807, 2.05) is 30.3 Å². The molecule has 0 spiro atoms. The van der Waals surface area contributed by atoms with Crippen LogP contribution in [0.3, 0.4) is 0 Å². The minimum Gasteiger partial charge on any atom is -0.456 e. The van der Waals surface area contributed by atoms with E-state index >= 15 is 0 Å². The molecule has 9 rings (SSSR count). The smallest absolute Gasteiger partial charge is 0.164 e. The van der Waals surface area contributed by atoms with E-state index in [1.165, 1.54) is 16.3 Å². The molecule has 0 amide bonds. The van der Waals surface area contributed by atoms with Crippen LogP contribution in [0.2, 0.25) is 0 Å². The van der Waals surface area contributed by atoms with Gasteiger partial charge in [0.05, 0.1) is 0 Å². The van der Waals surface area contributed by atoms with Crippen molar-refractivity contribution in [2.24, 2.45) is 5.92 Å². The number of hydrogen-bond acceptors (Lipinski definition) is 4. The minimum absolute atomic E-state index is 0.376. The fraction of sp³-hybridized carbons (Fsp3) is 0.0930. The number of benzene rings is 5. The van der Waals surface area contributed by atoms with Gasteiger partial charge >= 0.3 is 0 Å². The van der Waals surface area contributed by atoms with Crippen LogP contribution in [0.4, 0.5) is 0 Å². The molecule has 0 aliphatic heterocycles. The van der Waals surface area contributed by atoms with E-state index in [2.05, 4.69) is 115 Å². The van der Waals surface area contributed by atoms with Crippen LogP contribution < -0.4 is 0 Å². The second-order valence-electron chi connectivity index (χ2n) is 12.3. The number of aromatic nitrogens is 3. The summed E-state index contributed by atoms with van der Waals surface area (Å²) in [5, 5.41) is 4.45. The molecule has 4 heteroatoms. The van der Waals surface area contributed by atoms with Crippen LogP contribution in [-0.2, 0) is 0 Å². The zero-order chi connectivity index (χ0) is 31.2. The predicted molar refractivity (Wildman–Crippen MR) is 193 cm³/mol. The van der Waals surface area contributed by atoms with E-state index in [-0.39, 0.29) is 0 Å². The third-order valence-electron chi connectivity index (χ3n) is 9.28. The van der Waals surface area contributed by atoms with E-state index in [4.69, 9.17) is 19.4 Å². The highest BCUT2D eigenvalue weighted by Crippen LogP contribution is 2.40. The summed E-state index contributed by atoms with van der Waals surface area (Å²) in [4.78, 5) is 15.4. The zero-order valence-electron chi connectivity index (χ0n) is 25.8. The van der Waals surface area contributed by atoms with Crippen LogP contribution in [0, 0.1) is 5.92 Å². The second-order valence-corrected chi connectivity index (χ2v) is 12.3. The summed E-state index contributed by atoms with van der Waals surface area (Å²) in [7, 11) is 0. The van der Waals surface area contributed by atoms with Gasteiger partial charge in [-0.25, -0.2) is 15.0 Å². The van der Waals surface area contributed by atoms with E-state index in [0.29, 0.717) is 23.4 Å². The first-order valence-electron chi connectivity index (χ1n) is 16.3. The molecule has 224 valence electrons. The molecule has 0 fully saturated rings. The van der Waals surface area contributed by atoms with Crippen molar-refractivity contribution in [1.82, 2.24) is 15.0 Å². The second kappa shape index (κ2) is 11.5. The molecule has 2 heterocycles. The van der Waals surface area contributed by atoms with E-state index in [1.54, 1.807) is 0 Å². The lowest BCUT2D eigenvalue weighted by Crippen LogP contribution is -2.07. The molecule has 2 aliphatic rings. The van der Waals surface area contributed by atoms with Crippen molar-refractivity contribution in [1.29, 1.82) is 0 Å². The van der Waals surface area contributed by atoms with Crippen LogP contribution >= 0.6 is 0 Å². The average Bonchev–Trinajstić information content (AvgIpc) is 3.53. The van der Waals surface area contributed by atoms with Crippen molar-refractivity contribution in [3.8, 4) is 33.9 Å². The molecule has 47 heavy (non-hydrogen) atoms. The lowest BCUT2D eigenvalue weighted by molar-refractivity contribution is 0.669. The molecule has 7 aromatic rings. The maximum Gasteiger partial charge on any atom is 0.164 e. The van der Waals surface area contributed by atoms with Gasteiger partial charge in [-0.05, 0) is 71.0 Å². The fourth-order valence-corrected chi connectivity index (χ4v) is 6.85. The first kappa shape index (κ1) is 27.4. The molecule has 0 saturated carbocycles. The molecule has 2 aliphatic carbocycles. The Morgan fingerprint density at radius 3 is 2.23 bits per heavy atom. The maximum absolute atomic E-state index is 6.49. The Balaban J connectivity index is 1.24. The van der Waals surface area contributed by atoms with Crippen LogP contribution in [0.25, 0.3) is 72.2 Å². The summed E-state index contributed by atoms with van der Waals surface area (Å²) in [6.45, 7) is 0. The Hall–Kier alpha value is -5.87. The summed E-state index contributed by atoms with van der Waals surface area (Å²) in [6, 6.07) is 37.8. The first-order chi connectivity index (χ1) is 23.3. The van der Waals surface area contributed by atoms with Gasteiger partial charge in [-0.1, -0.05) is 121 Å². The van der Waals surface area contributed by atoms with Crippen LogP contribution in [0.1, 0.15) is 25.1 Å². The Morgan fingerprint density at radius 2 is 1.38 bits per heavy atom. The molecule has 0 saturated heterocycles. The molecule has 0 N–H and O–H groups in total. The van der Waals surface area contributed by atoms with Crippen molar-refractivity contribution < 1.29 is 4.42 Å². The van der Waals surface area contributed by atoms with Crippen molar-refractivity contribution in [2.75, 3.05) is 0 Å². The van der Waals surface area contributed by atoms with Crippen LogP contribution in [0.15, 0.2) is 156 Å². The first-order valence-corrected chi connectivity index (χ1v) is 16.3. The highest BCUT2D eigenvalue weighted by atomic mass is 16.3. The Morgan fingerprint density at radius 1 is 0.574 bits per heavy atom. The lowest BCUT2D eigenvalue weighted by atomic mass is 9.87. The molecule has 1 atom stereocenters. The normalized spacial score (nSPS) is 16.1. The number of furan rings is 1. The minimum atomic E-state index is 0.376. The average molecular weight is 606 g/mol. The number of rotatable bonds is 5. The summed E-state index contributed by atoms with van der Waals surface area (Å²) < 4.78 is 6.49. The number of para-hydroxylation sites is 1. The highest BCUT2D eigenvalue weighted by Gasteiger charge is 2.21. The third kappa shape index (κ3) is 5.08. The van der Waals surface area contributed by atoms with Crippen molar-refractivity contribution in [3.05, 3.63) is 157 Å². The van der Waals surface area contributed by atoms with Gasteiger partial charge < -0.3 is 4.42 Å². The molecule has 0 radical (unpaired) electrons. The number of fused-ring (bicyclic) bond motifs is 4. The zero-order valence-corrected chi connectivity index (χ0v) is 25.8. The van der Waals surface area contributed by atoms with Crippen molar-refractivity contribution in [3.63, 3.8) is 0 Å². The molecule has 4 nitrogen and oxygen atoms in total. The van der Waals surface area contributed by atoms with Gasteiger partial charge in [0.25, 0.3) is 0 Å². The van der Waals surface area contributed by atoms with Gasteiger partial charge in [0.2, 0.25) is 0 Å². The number of hydrogen-bond donors (Lipinski definition) is 0. The molecular weight excluding hydrogens is 574 g/mol. The van der Waals surface area contributed by atoms with Crippen molar-refractivity contribution in [2.45, 2.75) is 19.3 Å². The predicted octanol–water partition coefficient (Wildman–Crippen LogP) is 11.2. The fourth-order valence-electron chi connectivity index (χ4n) is 6.85. The van der Waals surface area contributed by atoms with E-state index in [0.717, 1.165) is 69.0 Å². The standard InChI is InChI=1S/C43H31N3O/c1-3-11-28(12-4-1)30-19-22-32(23-20-30)42-44-41(31-14-5-2-6-15-31)45-43(46-42)37-26-35(34-24-21-29-13-7-8-16-33(29)25-34)27-39-40(37)36-17-9-10-18-38(36)47-39/h2-3,5-19,21-27,30H,1,4,20H2. The van der Waals surface area contributed by atoms with Gasteiger partial charge in [-0.3, -0.25) is 0 Å². The summed E-state index contributed by atoms with van der Waals surface area (Å²) >= 11 is 0. The third-order valence-corrected chi connectivity index (χ3v) is 9.28. The van der Waals surface area contributed by atoms with Crippen LogP contribution in [0.5, 0.6) is 0 Å². The molecular formula is C43H31N3O. The van der Waals surface area contributed by atoms with E-state index < -0.39 is 0 Å². The number of nitrogens with zero attached hydrogens (tertiary/aromatic N) is 3. The SMILES string of the molecule is C1=CC(C2C=CC(c3nc(-c4ccccc4)nc(-c4cc(-c5ccc6ccccc6c5)cc5oc6ccccc6c45)n3)=CC2)=CCC1. The van der Waals surface area contributed by atoms with E-state index in [9.17, 15) is 0 Å². The maximum atomic E-state index is 6.49. The molecule has 5 aromatic carbocycles. The van der Waals surface area contributed by atoms with Gasteiger partial charge in [-0.2, -0.15) is 0 Å². The Kier molecular flexibility index (Phi) is 6.71. The number of allylic oxidation sites excluding steroid dienone is 8. The molecule has 1 unspecified atom stereocenters. The van der Waals surface area contributed by atoms with Crippen LogP contribution in [-0.4, -0.2) is 15.0 Å². The van der Waals surface area contributed by atoms with Gasteiger partial charge in [-0.15, -0.1) is 0 Å². The van der Waals surface area contributed by atoms with Gasteiger partial charge in [0.15, 0.2) is 17.5 Å².